The van der Waals surface area contributed by atoms with Crippen LogP contribution < -0.4 is 10.0 Å². The first-order valence-electron chi connectivity index (χ1n) is 7.47. The van der Waals surface area contributed by atoms with Crippen molar-refractivity contribution in [3.63, 3.8) is 0 Å². The maximum atomic E-state index is 13.6. The zero-order valence-electron chi connectivity index (χ0n) is 13.6. The van der Waals surface area contributed by atoms with Crippen molar-refractivity contribution >= 4 is 27.4 Å². The lowest BCUT2D eigenvalue weighted by atomic mass is 10.2. The minimum Gasteiger partial charge on any atom is -0.360 e. The van der Waals surface area contributed by atoms with Crippen LogP contribution in [0.5, 0.6) is 0 Å². The molecule has 2 aromatic carbocycles. The van der Waals surface area contributed by atoms with Gasteiger partial charge in [0.25, 0.3) is 15.9 Å². The van der Waals surface area contributed by atoms with Crippen LogP contribution in [0.4, 0.5) is 15.9 Å². The Morgan fingerprint density at radius 3 is 2.58 bits per heavy atom. The van der Waals surface area contributed by atoms with Gasteiger partial charge in [0.1, 0.15) is 11.6 Å². The molecule has 0 radical (unpaired) electrons. The van der Waals surface area contributed by atoms with E-state index >= 15 is 0 Å². The van der Waals surface area contributed by atoms with Crippen molar-refractivity contribution in [2.45, 2.75) is 11.8 Å². The van der Waals surface area contributed by atoms with Gasteiger partial charge in [-0.2, -0.15) is 0 Å². The fourth-order valence-electron chi connectivity index (χ4n) is 2.17. The number of halogens is 1. The van der Waals surface area contributed by atoms with Gasteiger partial charge in [-0.1, -0.05) is 23.4 Å². The van der Waals surface area contributed by atoms with Crippen LogP contribution in [0.1, 0.15) is 16.1 Å². The molecule has 7 nitrogen and oxygen atoms in total. The number of carbonyl (C=O) groups excluding carboxylic acids is 1. The highest BCUT2D eigenvalue weighted by Crippen LogP contribution is 2.19. The normalized spacial score (nSPS) is 11.2. The molecule has 0 fully saturated rings. The van der Waals surface area contributed by atoms with Gasteiger partial charge < -0.3 is 9.84 Å². The van der Waals surface area contributed by atoms with Gasteiger partial charge in [0.15, 0.2) is 5.82 Å². The van der Waals surface area contributed by atoms with Crippen LogP contribution in [0.15, 0.2) is 64.0 Å². The lowest BCUT2D eigenvalue weighted by molar-refractivity contribution is 0.102. The molecule has 0 saturated carbocycles. The standard InChI is InChI=1S/C17H14FN3O4S/c1-11-9-16(20-25-11)21-26(23,24)13-6-4-5-12(10-13)17(22)19-15-8-3-2-7-14(15)18/h2-10H,1H3,(H,19,22)(H,20,21). The largest absolute Gasteiger partial charge is 0.360 e. The maximum absolute atomic E-state index is 13.6. The molecule has 0 aliphatic heterocycles. The quantitative estimate of drug-likeness (QED) is 0.713. The van der Waals surface area contributed by atoms with Gasteiger partial charge in [-0.05, 0) is 37.3 Å². The number of rotatable bonds is 5. The zero-order valence-corrected chi connectivity index (χ0v) is 14.4. The highest BCUT2D eigenvalue weighted by molar-refractivity contribution is 7.92. The summed E-state index contributed by atoms with van der Waals surface area (Å²) in [7, 11) is -3.96. The highest BCUT2D eigenvalue weighted by atomic mass is 32.2. The Kier molecular flexibility index (Phi) is 4.72. The molecular formula is C17H14FN3O4S. The van der Waals surface area contributed by atoms with E-state index in [4.69, 9.17) is 4.52 Å². The van der Waals surface area contributed by atoms with Gasteiger partial charge in [0, 0.05) is 11.6 Å². The van der Waals surface area contributed by atoms with Crippen molar-refractivity contribution < 1.29 is 22.1 Å². The molecule has 0 aliphatic rings. The molecule has 134 valence electrons. The first-order chi connectivity index (χ1) is 12.3. The van der Waals surface area contributed by atoms with E-state index in [2.05, 4.69) is 15.2 Å². The molecule has 1 aromatic heterocycles. The van der Waals surface area contributed by atoms with Crippen LogP contribution >= 0.6 is 0 Å². The van der Waals surface area contributed by atoms with Gasteiger partial charge in [0.05, 0.1) is 10.6 Å². The number of sulfonamides is 1. The van der Waals surface area contributed by atoms with Crippen LogP contribution in [0, 0.1) is 12.7 Å². The third kappa shape index (κ3) is 3.89. The third-order valence-corrected chi connectivity index (χ3v) is 4.75. The smallest absolute Gasteiger partial charge is 0.263 e. The number of hydrogen-bond acceptors (Lipinski definition) is 5. The second kappa shape index (κ2) is 6.96. The Morgan fingerprint density at radius 2 is 1.88 bits per heavy atom. The molecule has 0 spiro atoms. The van der Waals surface area contributed by atoms with Crippen molar-refractivity contribution in [1.29, 1.82) is 0 Å². The van der Waals surface area contributed by atoms with E-state index in [0.29, 0.717) is 5.76 Å². The Morgan fingerprint density at radius 1 is 1.12 bits per heavy atom. The van der Waals surface area contributed by atoms with E-state index in [-0.39, 0.29) is 22.0 Å². The highest BCUT2D eigenvalue weighted by Gasteiger charge is 2.18. The average molecular weight is 375 g/mol. The van der Waals surface area contributed by atoms with Crippen LogP contribution in [-0.4, -0.2) is 19.5 Å². The molecular weight excluding hydrogens is 361 g/mol. The summed E-state index contributed by atoms with van der Waals surface area (Å²) < 4.78 is 45.5. The summed E-state index contributed by atoms with van der Waals surface area (Å²) in [5.74, 6) is -0.749. The number of aromatic nitrogens is 1. The first kappa shape index (κ1) is 17.6. The van der Waals surface area contributed by atoms with Gasteiger partial charge in [-0.3, -0.25) is 9.52 Å². The lowest BCUT2D eigenvalue weighted by Gasteiger charge is -2.09. The first-order valence-corrected chi connectivity index (χ1v) is 8.95. The number of nitrogens with one attached hydrogen (secondary N) is 2. The number of anilines is 2. The predicted octanol–water partition coefficient (Wildman–Crippen LogP) is 3.18. The number of carbonyl (C=O) groups is 1. The van der Waals surface area contributed by atoms with Gasteiger partial charge in [-0.15, -0.1) is 0 Å². The van der Waals surface area contributed by atoms with Crippen molar-refractivity contribution in [2.75, 3.05) is 10.0 Å². The average Bonchev–Trinajstić information content (AvgIpc) is 3.01. The molecule has 2 N–H and O–H groups in total. The van der Waals surface area contributed by atoms with Crippen molar-refractivity contribution in [3.05, 3.63) is 71.7 Å². The molecule has 9 heteroatoms. The van der Waals surface area contributed by atoms with Crippen molar-refractivity contribution in [3.8, 4) is 0 Å². The molecule has 0 bridgehead atoms. The van der Waals surface area contributed by atoms with Gasteiger partial charge >= 0.3 is 0 Å². The fraction of sp³-hybridized carbons (Fsp3) is 0.0588. The van der Waals surface area contributed by atoms with E-state index in [1.807, 2.05) is 0 Å². The van der Waals surface area contributed by atoms with E-state index in [1.165, 1.54) is 48.5 Å². The summed E-state index contributed by atoms with van der Waals surface area (Å²) in [6.45, 7) is 1.62. The van der Waals surface area contributed by atoms with Gasteiger partial charge in [0.2, 0.25) is 0 Å². The van der Waals surface area contributed by atoms with Crippen LogP contribution in [0.3, 0.4) is 0 Å². The Bertz CT molecular complexity index is 1060. The van der Waals surface area contributed by atoms with Crippen LogP contribution in [-0.2, 0) is 10.0 Å². The molecule has 1 heterocycles. The zero-order chi connectivity index (χ0) is 18.7. The minimum atomic E-state index is -3.96. The molecule has 3 rings (SSSR count). The van der Waals surface area contributed by atoms with E-state index < -0.39 is 21.7 Å². The fourth-order valence-corrected chi connectivity index (χ4v) is 3.20. The Balaban J connectivity index is 1.83. The number of para-hydroxylation sites is 1. The molecule has 3 aromatic rings. The Labute approximate surface area is 148 Å². The van der Waals surface area contributed by atoms with Crippen molar-refractivity contribution in [2.24, 2.45) is 0 Å². The SMILES string of the molecule is Cc1cc(NS(=O)(=O)c2cccc(C(=O)Nc3ccccc3F)c2)no1. The second-order valence-electron chi connectivity index (χ2n) is 5.39. The summed E-state index contributed by atoms with van der Waals surface area (Å²) in [4.78, 5) is 12.1. The molecule has 0 atom stereocenters. The molecule has 0 unspecified atom stereocenters. The number of hydrogen-bond donors (Lipinski definition) is 2. The molecule has 0 aliphatic carbocycles. The number of nitrogens with zero attached hydrogens (tertiary/aromatic N) is 1. The van der Waals surface area contributed by atoms with Crippen LogP contribution in [0.25, 0.3) is 0 Å². The third-order valence-electron chi connectivity index (χ3n) is 3.40. The summed E-state index contributed by atoms with van der Waals surface area (Å²) in [5, 5.41) is 5.96. The lowest BCUT2D eigenvalue weighted by Crippen LogP contribution is -2.16. The summed E-state index contributed by atoms with van der Waals surface area (Å²) in [6.07, 6.45) is 0. The summed E-state index contributed by atoms with van der Waals surface area (Å²) in [6, 6.07) is 12.5. The summed E-state index contributed by atoms with van der Waals surface area (Å²) >= 11 is 0. The molecule has 1 amide bonds. The van der Waals surface area contributed by atoms with Gasteiger partial charge in [-0.25, -0.2) is 12.8 Å². The number of aryl methyl sites for hydroxylation is 1. The topological polar surface area (TPSA) is 101 Å². The maximum Gasteiger partial charge on any atom is 0.263 e. The minimum absolute atomic E-state index is 0.00181. The Hall–Kier alpha value is -3.20. The predicted molar refractivity (Wildman–Crippen MR) is 92.8 cm³/mol. The number of amides is 1. The second-order valence-corrected chi connectivity index (χ2v) is 7.07. The molecule has 26 heavy (non-hydrogen) atoms. The van der Waals surface area contributed by atoms with E-state index in [1.54, 1.807) is 13.0 Å². The summed E-state index contributed by atoms with van der Waals surface area (Å²) in [5.41, 5.74) is 0.0643. The van der Waals surface area contributed by atoms with Crippen LogP contribution in [0.2, 0.25) is 0 Å². The monoisotopic (exact) mass is 375 g/mol. The van der Waals surface area contributed by atoms with Crippen molar-refractivity contribution in [1.82, 2.24) is 5.16 Å². The van der Waals surface area contributed by atoms with E-state index in [0.717, 1.165) is 0 Å². The van der Waals surface area contributed by atoms with E-state index in [9.17, 15) is 17.6 Å². The molecule has 0 saturated heterocycles. The number of benzene rings is 2.